The highest BCUT2D eigenvalue weighted by Gasteiger charge is 2.38. The summed E-state index contributed by atoms with van der Waals surface area (Å²) in [4.78, 5) is 0. The van der Waals surface area contributed by atoms with E-state index in [0.717, 1.165) is 37.4 Å². The third kappa shape index (κ3) is 5.41. The van der Waals surface area contributed by atoms with Crippen molar-refractivity contribution in [2.75, 3.05) is 11.9 Å². The smallest absolute Gasteiger partial charge is 0.119 e. The summed E-state index contributed by atoms with van der Waals surface area (Å²) in [6, 6.07) is 36.3. The maximum atomic E-state index is 6.16. The lowest BCUT2D eigenvalue weighted by atomic mass is 9.77. The first-order valence-electron chi connectivity index (χ1n) is 13.3. The van der Waals surface area contributed by atoms with E-state index >= 15 is 0 Å². The molecular formula is C34H33NO2. The van der Waals surface area contributed by atoms with E-state index in [-0.39, 0.29) is 6.04 Å². The minimum atomic E-state index is 0.272. The van der Waals surface area contributed by atoms with Crippen molar-refractivity contribution in [1.82, 2.24) is 0 Å². The Bertz CT molecular complexity index is 1330. The van der Waals surface area contributed by atoms with Gasteiger partial charge in [-0.05, 0) is 77.8 Å². The molecule has 3 unspecified atom stereocenters. The normalized spacial score (nSPS) is 19.5. The zero-order valence-electron chi connectivity index (χ0n) is 21.1. The van der Waals surface area contributed by atoms with Gasteiger partial charge in [0.1, 0.15) is 18.1 Å². The molecule has 2 aliphatic rings. The van der Waals surface area contributed by atoms with Crippen LogP contribution in [0.25, 0.3) is 0 Å². The molecule has 37 heavy (non-hydrogen) atoms. The fourth-order valence-electron chi connectivity index (χ4n) is 5.62. The fourth-order valence-corrected chi connectivity index (χ4v) is 5.62. The summed E-state index contributed by atoms with van der Waals surface area (Å²) in [7, 11) is 0. The van der Waals surface area contributed by atoms with Crippen molar-refractivity contribution >= 4 is 5.69 Å². The van der Waals surface area contributed by atoms with Crippen LogP contribution in [0.1, 0.15) is 47.1 Å². The van der Waals surface area contributed by atoms with Gasteiger partial charge in [-0.25, -0.2) is 0 Å². The molecule has 0 fully saturated rings. The summed E-state index contributed by atoms with van der Waals surface area (Å²) < 4.78 is 12.2. The van der Waals surface area contributed by atoms with Crippen molar-refractivity contribution in [3.63, 3.8) is 0 Å². The Labute approximate surface area is 219 Å². The molecule has 1 N–H and O–H groups in total. The van der Waals surface area contributed by atoms with E-state index in [0.29, 0.717) is 18.4 Å². The summed E-state index contributed by atoms with van der Waals surface area (Å²) in [5.41, 5.74) is 6.40. The third-order valence-electron chi connectivity index (χ3n) is 7.54. The Hall–Kier alpha value is -3.98. The van der Waals surface area contributed by atoms with Gasteiger partial charge in [-0.2, -0.15) is 0 Å². The summed E-state index contributed by atoms with van der Waals surface area (Å²) in [5.74, 6) is 2.77. The Morgan fingerprint density at radius 1 is 0.730 bits per heavy atom. The summed E-state index contributed by atoms with van der Waals surface area (Å²) in [6.45, 7) is 1.31. The molecule has 3 atom stereocenters. The van der Waals surface area contributed by atoms with Gasteiger partial charge in [0.2, 0.25) is 0 Å². The number of hydrogen-bond donors (Lipinski definition) is 1. The average molecular weight is 488 g/mol. The zero-order valence-corrected chi connectivity index (χ0v) is 21.1. The predicted molar refractivity (Wildman–Crippen MR) is 150 cm³/mol. The lowest BCUT2D eigenvalue weighted by molar-refractivity contribution is 0.306. The van der Waals surface area contributed by atoms with Crippen molar-refractivity contribution in [3.05, 3.63) is 138 Å². The van der Waals surface area contributed by atoms with E-state index in [4.69, 9.17) is 9.47 Å². The monoisotopic (exact) mass is 487 g/mol. The third-order valence-corrected chi connectivity index (χ3v) is 7.54. The van der Waals surface area contributed by atoms with E-state index in [9.17, 15) is 0 Å². The van der Waals surface area contributed by atoms with Gasteiger partial charge in [0, 0.05) is 11.6 Å². The number of anilines is 1. The number of allylic oxidation sites excluding steroid dienone is 2. The van der Waals surface area contributed by atoms with Gasteiger partial charge in [0.15, 0.2) is 0 Å². The van der Waals surface area contributed by atoms with E-state index in [1.54, 1.807) is 0 Å². The van der Waals surface area contributed by atoms with E-state index in [1.807, 2.05) is 18.2 Å². The lowest BCUT2D eigenvalue weighted by Crippen LogP contribution is -2.29. The number of ether oxygens (including phenoxy) is 2. The Balaban J connectivity index is 1.10. The number of fused-ring (bicyclic) bond motifs is 3. The van der Waals surface area contributed by atoms with E-state index in [2.05, 4.69) is 102 Å². The molecule has 0 saturated heterocycles. The van der Waals surface area contributed by atoms with Crippen molar-refractivity contribution in [2.24, 2.45) is 5.92 Å². The predicted octanol–water partition coefficient (Wildman–Crippen LogP) is 8.10. The maximum absolute atomic E-state index is 6.16. The van der Waals surface area contributed by atoms with Crippen molar-refractivity contribution < 1.29 is 9.47 Å². The van der Waals surface area contributed by atoms with Crippen LogP contribution < -0.4 is 14.8 Å². The van der Waals surface area contributed by atoms with Gasteiger partial charge in [-0.15, -0.1) is 0 Å². The molecule has 0 radical (unpaired) electrons. The molecular weight excluding hydrogens is 454 g/mol. The number of rotatable bonds is 9. The van der Waals surface area contributed by atoms with Crippen LogP contribution in [0.2, 0.25) is 0 Å². The highest BCUT2D eigenvalue weighted by molar-refractivity contribution is 5.61. The minimum Gasteiger partial charge on any atom is -0.494 e. The topological polar surface area (TPSA) is 30.5 Å². The van der Waals surface area contributed by atoms with Gasteiger partial charge in [-0.3, -0.25) is 0 Å². The van der Waals surface area contributed by atoms with Gasteiger partial charge >= 0.3 is 0 Å². The Morgan fingerprint density at radius 3 is 2.24 bits per heavy atom. The molecule has 3 heteroatoms. The first kappa shape index (κ1) is 23.4. The second kappa shape index (κ2) is 11.0. The maximum Gasteiger partial charge on any atom is 0.119 e. The molecule has 4 aromatic rings. The van der Waals surface area contributed by atoms with E-state index < -0.39 is 0 Å². The molecule has 0 saturated carbocycles. The van der Waals surface area contributed by atoms with Gasteiger partial charge in [0.25, 0.3) is 0 Å². The number of hydrogen-bond acceptors (Lipinski definition) is 3. The van der Waals surface area contributed by atoms with Crippen molar-refractivity contribution in [3.8, 4) is 11.5 Å². The fraction of sp³-hybridized carbons (Fsp3) is 0.235. The summed E-state index contributed by atoms with van der Waals surface area (Å²) >= 11 is 0. The lowest BCUT2D eigenvalue weighted by Gasteiger charge is -2.37. The minimum absolute atomic E-state index is 0.272. The Kier molecular flexibility index (Phi) is 6.94. The van der Waals surface area contributed by atoms with Crippen LogP contribution >= 0.6 is 0 Å². The summed E-state index contributed by atoms with van der Waals surface area (Å²) in [6.07, 6.45) is 7.85. The largest absolute Gasteiger partial charge is 0.494 e. The molecule has 0 spiro atoms. The van der Waals surface area contributed by atoms with Gasteiger partial charge in [-0.1, -0.05) is 84.9 Å². The van der Waals surface area contributed by atoms with Crippen LogP contribution in [-0.2, 0) is 13.0 Å². The number of aryl methyl sites for hydroxylation is 1. The highest BCUT2D eigenvalue weighted by Crippen LogP contribution is 2.50. The summed E-state index contributed by atoms with van der Waals surface area (Å²) in [5, 5.41) is 3.84. The Morgan fingerprint density at radius 2 is 1.46 bits per heavy atom. The quantitative estimate of drug-likeness (QED) is 0.191. The van der Waals surface area contributed by atoms with Gasteiger partial charge in [0.05, 0.1) is 12.6 Å². The van der Waals surface area contributed by atoms with Gasteiger partial charge < -0.3 is 14.8 Å². The molecule has 1 aliphatic carbocycles. The van der Waals surface area contributed by atoms with Crippen LogP contribution in [0.3, 0.4) is 0 Å². The number of benzene rings is 4. The van der Waals surface area contributed by atoms with Crippen LogP contribution in [0.5, 0.6) is 11.5 Å². The second-order valence-electron chi connectivity index (χ2n) is 10.0. The molecule has 4 aromatic carbocycles. The van der Waals surface area contributed by atoms with Crippen LogP contribution in [-0.4, -0.2) is 6.61 Å². The second-order valence-corrected chi connectivity index (χ2v) is 10.0. The van der Waals surface area contributed by atoms with Crippen molar-refractivity contribution in [1.29, 1.82) is 0 Å². The first-order valence-corrected chi connectivity index (χ1v) is 13.3. The van der Waals surface area contributed by atoms with Crippen molar-refractivity contribution in [2.45, 2.75) is 37.8 Å². The molecule has 3 nitrogen and oxygen atoms in total. The molecule has 0 bridgehead atoms. The number of nitrogens with one attached hydrogen (secondary N) is 1. The first-order chi connectivity index (χ1) is 18.3. The zero-order chi connectivity index (χ0) is 24.9. The molecule has 0 aromatic heterocycles. The molecule has 1 aliphatic heterocycles. The van der Waals surface area contributed by atoms with Crippen LogP contribution in [0.15, 0.2) is 115 Å². The van der Waals surface area contributed by atoms with Crippen LogP contribution in [0, 0.1) is 5.92 Å². The SMILES string of the molecule is C1=CC2c3cc(OCCCc4ccccc4)ccc3NC(c3ccc(OCc4ccccc4)cc3)C2C1. The molecule has 186 valence electrons. The van der Waals surface area contributed by atoms with E-state index in [1.165, 1.54) is 27.9 Å². The highest BCUT2D eigenvalue weighted by atomic mass is 16.5. The average Bonchev–Trinajstić information content (AvgIpc) is 3.46. The molecule has 0 amide bonds. The molecule has 1 heterocycles. The molecule has 6 rings (SSSR count). The standard InChI is InChI=1S/C34H33NO2/c1-3-9-25(10-4-1)13-8-22-36-29-20-21-33-32(23-29)30-14-7-15-31(30)34(35-33)27-16-18-28(19-17-27)37-24-26-11-5-2-6-12-26/h1-7,9-12,14,16-21,23,30-31,34-35H,8,13,15,22,24H2. The van der Waals surface area contributed by atoms with Crippen LogP contribution in [0.4, 0.5) is 5.69 Å².